The van der Waals surface area contributed by atoms with Gasteiger partial charge in [0.15, 0.2) is 0 Å². The molecule has 5 aromatic rings. The molecule has 1 aromatic heterocycles. The number of nitrogens with one attached hydrogen (secondary N) is 10. The van der Waals surface area contributed by atoms with Gasteiger partial charge in [-0.1, -0.05) is 198 Å². The highest BCUT2D eigenvalue weighted by Crippen LogP contribution is 2.65. The molecule has 34 heteroatoms. The topological polar surface area (TPSA) is 427 Å². The standard InChI is InChI=1S/C94H128N14O16P2S2/c1-55(80(95)110)102-89(119)93(8,9)106-84(114)59(5)101-86(116)79(53-126(128,65-36-20-14-21-37-65)66-38-22-15-23-39-66)108(92(122)124-51-76-73-46-30-26-42-69(73)70-43-27-31-47-74(70)76)88(118)77(48-62-49-96-54-97-62)104-82(112)57(3)99-81(111)56(2)100-85(115)78(52-125(127,63-32-16-12-17-33-63)64-34-18-13-19-35-64)107(87(117)60(6)103-90(120)94(10,11)105-83(113)58(4)98-61(7)109)91(121)123-50-75-71-44-28-24-40-67(71)68-41-25-29-45-72(68)75/h24-31,40-47,49,54-60,63-66,75-79H,12-23,32-39,48,50-53H2,1-11H3,(H2,95,110)(H,96,97)(H,98,109)(H,99,111)(H,100,115)(H,101,116)(H,102,119)(H,103,120)(H,104,112)(H,105,113)(H,106,114)/t55-,56-,57-,58-,59-,60-,77-,78-,79-/m0/s1. The molecule has 4 saturated carbocycles. The highest BCUT2D eigenvalue weighted by molar-refractivity contribution is 8.15. The first-order chi connectivity index (χ1) is 60.8. The van der Waals surface area contributed by atoms with E-state index in [1.807, 2.05) is 97.1 Å². The minimum absolute atomic E-state index is 0.0626. The molecule has 0 saturated heterocycles. The first kappa shape index (κ1) is 98.6. The van der Waals surface area contributed by atoms with Crippen LogP contribution in [0.2, 0.25) is 0 Å². The van der Waals surface area contributed by atoms with E-state index in [-0.39, 0.29) is 53.9 Å². The van der Waals surface area contributed by atoms with Crippen LogP contribution in [0.4, 0.5) is 9.59 Å². The van der Waals surface area contributed by atoms with E-state index in [2.05, 4.69) is 57.8 Å². The summed E-state index contributed by atoms with van der Waals surface area (Å²) < 4.78 is 12.8. The Morgan fingerprint density at radius 2 is 0.750 bits per heavy atom. The largest absolute Gasteiger partial charge is 0.448 e. The third-order valence-electron chi connectivity index (χ3n) is 26.6. The Hall–Kier alpha value is -10.0. The van der Waals surface area contributed by atoms with Crippen molar-refractivity contribution in [2.24, 2.45) is 5.73 Å². The summed E-state index contributed by atoms with van der Waals surface area (Å²) in [5.74, 6) is -11.8. The number of rotatable bonds is 36. The van der Waals surface area contributed by atoms with Gasteiger partial charge in [0.05, 0.1) is 12.0 Å². The van der Waals surface area contributed by atoms with Crippen molar-refractivity contribution in [2.45, 2.75) is 311 Å². The Labute approximate surface area is 760 Å². The number of fused-ring (bicyclic) bond motifs is 6. The van der Waals surface area contributed by atoms with Crippen molar-refractivity contribution < 1.29 is 76.6 Å². The van der Waals surface area contributed by atoms with Crippen molar-refractivity contribution in [3.8, 4) is 22.3 Å². The van der Waals surface area contributed by atoms with Gasteiger partial charge in [-0.05, 0) is 200 Å². The van der Waals surface area contributed by atoms with Gasteiger partial charge in [-0.15, -0.1) is 0 Å². The van der Waals surface area contributed by atoms with E-state index in [1.165, 1.54) is 88.7 Å². The van der Waals surface area contributed by atoms with Crippen LogP contribution in [0.3, 0.4) is 0 Å². The van der Waals surface area contributed by atoms with Gasteiger partial charge in [0, 0.05) is 43.7 Å². The molecule has 30 nitrogen and oxygen atoms in total. The number of carbonyl (C=O) groups excluding carboxylic acids is 14. The summed E-state index contributed by atoms with van der Waals surface area (Å²) in [5, 5.41) is 24.0. The van der Waals surface area contributed by atoms with Crippen LogP contribution >= 0.6 is 12.1 Å². The Bertz CT molecular complexity index is 4890. The lowest BCUT2D eigenvalue weighted by molar-refractivity contribution is -0.142. The summed E-state index contributed by atoms with van der Waals surface area (Å²) in [5.41, 5.74) is 8.95. The van der Waals surface area contributed by atoms with Gasteiger partial charge in [0.2, 0.25) is 59.1 Å². The fourth-order valence-electron chi connectivity index (χ4n) is 19.3. The number of benzene rings is 4. The van der Waals surface area contributed by atoms with Crippen molar-refractivity contribution in [1.82, 2.24) is 67.6 Å². The Kier molecular flexibility index (Phi) is 33.6. The first-order valence-corrected chi connectivity index (χ1v) is 51.6. The number of nitrogens with two attached hydrogens (primary N) is 1. The molecule has 1 heterocycles. The van der Waals surface area contributed by atoms with Gasteiger partial charge in [-0.3, -0.25) is 57.5 Å². The average Bonchev–Trinajstić information content (AvgIpc) is 1.35. The maximum absolute atomic E-state index is 16.7. The number of aromatic amines is 1. The first-order valence-electron chi connectivity index (χ1n) is 45.4. The summed E-state index contributed by atoms with van der Waals surface area (Å²) in [6, 6.07) is 10.9. The summed E-state index contributed by atoms with van der Waals surface area (Å²) >= 11 is 14.2. The summed E-state index contributed by atoms with van der Waals surface area (Å²) in [7, 11) is 0. The number of imidazole rings is 1. The van der Waals surface area contributed by atoms with E-state index >= 15 is 38.4 Å². The molecule has 0 unspecified atom stereocenters. The molecule has 14 amide bonds. The van der Waals surface area contributed by atoms with E-state index in [9.17, 15) is 28.8 Å². The van der Waals surface area contributed by atoms with Crippen molar-refractivity contribution in [3.05, 3.63) is 138 Å². The SMILES string of the molecule is CC(=O)N[C@@H](C)C(=O)NC(C)(C)C(=O)N[C@@H](C)C(=O)N(C(=O)OCC1c2ccccc2-c2ccccc21)[C@@H](CP(=S)(C1CCCCC1)C1CCCCC1)C(=O)N[C@@H](C)C(=O)N[C@@H](C)C(=O)N[C@@H](Cc1c[nH]cn1)C(=O)N(C(=O)OCC1c2ccccc2-c2ccccc21)[C@@H](CP(=S)(C1CCCCC1)C1CCCCC1)C(=O)N[C@@H](C)C(=O)NC(C)(C)C(=O)N[C@@H](C)C(N)=O. The van der Waals surface area contributed by atoms with Crippen molar-refractivity contribution >= 4 is 119 Å². The van der Waals surface area contributed by atoms with Gasteiger partial charge in [-0.25, -0.2) is 24.4 Å². The highest BCUT2D eigenvalue weighted by atomic mass is 32.4. The number of amides is 14. The molecular formula is C94H128N14O16P2S2. The normalized spacial score (nSPS) is 18.0. The number of aromatic nitrogens is 2. The Morgan fingerprint density at radius 1 is 0.430 bits per heavy atom. The second-order valence-corrected chi connectivity index (χ2v) is 47.9. The van der Waals surface area contributed by atoms with Crippen LogP contribution in [-0.2, 0) is 97.0 Å². The molecule has 692 valence electrons. The molecule has 4 fully saturated rings. The van der Waals surface area contributed by atoms with E-state index in [4.69, 9.17) is 38.8 Å². The third-order valence-corrected chi connectivity index (χ3v) is 39.9. The second kappa shape index (κ2) is 43.6. The molecule has 6 aliphatic rings. The fraction of sp³-hybridized carbons (Fsp3) is 0.564. The fourth-order valence-corrected chi connectivity index (χ4v) is 31.7. The van der Waals surface area contributed by atoms with Gasteiger partial charge < -0.3 is 68.0 Å². The molecule has 0 radical (unpaired) electrons. The number of hydrogen-bond acceptors (Lipinski definition) is 19. The van der Waals surface area contributed by atoms with Crippen molar-refractivity contribution in [2.75, 3.05) is 25.5 Å². The summed E-state index contributed by atoms with van der Waals surface area (Å²) in [6.07, 6.45) is 16.1. The van der Waals surface area contributed by atoms with E-state index in [1.54, 1.807) is 0 Å². The van der Waals surface area contributed by atoms with Gasteiger partial charge in [0.25, 0.3) is 11.8 Å². The Morgan fingerprint density at radius 3 is 1.09 bits per heavy atom. The number of H-pyrrole nitrogens is 1. The quantitative estimate of drug-likeness (QED) is 0.0166. The van der Waals surface area contributed by atoms with E-state index in [0.29, 0.717) is 0 Å². The molecule has 12 N–H and O–H groups in total. The number of hydrogen-bond donors (Lipinski definition) is 11. The molecule has 0 bridgehead atoms. The average molecular weight is 1840 g/mol. The van der Waals surface area contributed by atoms with Crippen LogP contribution in [0, 0.1) is 0 Å². The highest BCUT2D eigenvalue weighted by Gasteiger charge is 2.51. The van der Waals surface area contributed by atoms with Crippen LogP contribution in [-0.4, -0.2) is 216 Å². The number of imide groups is 2. The molecule has 0 spiro atoms. The predicted molar refractivity (Wildman–Crippen MR) is 496 cm³/mol. The minimum Gasteiger partial charge on any atom is -0.448 e. The van der Waals surface area contributed by atoms with Crippen LogP contribution in [0.1, 0.15) is 244 Å². The lowest BCUT2D eigenvalue weighted by atomic mass is 9.98. The third kappa shape index (κ3) is 23.6. The summed E-state index contributed by atoms with van der Waals surface area (Å²) in [6.45, 7) is 14.3. The number of nitrogens with zero attached hydrogens (tertiary/aromatic N) is 3. The molecule has 4 aromatic carbocycles. The Balaban J connectivity index is 0.934. The lowest BCUT2D eigenvalue weighted by Crippen LogP contribution is -2.64. The molecule has 128 heavy (non-hydrogen) atoms. The maximum Gasteiger partial charge on any atom is 0.417 e. The van der Waals surface area contributed by atoms with Crippen molar-refractivity contribution in [3.63, 3.8) is 0 Å². The smallest absolute Gasteiger partial charge is 0.417 e. The monoisotopic (exact) mass is 1830 g/mol. The zero-order chi connectivity index (χ0) is 92.7. The zero-order valence-corrected chi connectivity index (χ0v) is 78.8. The van der Waals surface area contributed by atoms with Crippen LogP contribution < -0.4 is 53.6 Å². The lowest BCUT2D eigenvalue weighted by Gasteiger charge is -2.44. The predicted octanol–water partition coefficient (Wildman–Crippen LogP) is 10.3. The maximum atomic E-state index is 16.7. The van der Waals surface area contributed by atoms with Crippen molar-refractivity contribution in [1.29, 1.82) is 0 Å². The van der Waals surface area contributed by atoms with Gasteiger partial charge in [-0.2, -0.15) is 0 Å². The van der Waals surface area contributed by atoms with Gasteiger partial charge >= 0.3 is 12.2 Å². The number of ether oxygens (including phenoxy) is 2. The number of primary amides is 1. The van der Waals surface area contributed by atoms with Crippen LogP contribution in [0.25, 0.3) is 22.3 Å². The minimum atomic E-state index is -2.92. The molecule has 6 aliphatic carbocycles. The molecule has 11 rings (SSSR count). The van der Waals surface area contributed by atoms with E-state index < -0.39 is 179 Å². The molecule has 9 atom stereocenters. The van der Waals surface area contributed by atoms with Crippen LogP contribution in [0.5, 0.6) is 0 Å². The summed E-state index contributed by atoms with van der Waals surface area (Å²) in [4.78, 5) is 217. The van der Waals surface area contributed by atoms with E-state index in [0.717, 1.165) is 183 Å². The van der Waals surface area contributed by atoms with Gasteiger partial charge in [0.1, 0.15) is 78.7 Å². The second-order valence-electron chi connectivity index (χ2n) is 36.8. The van der Waals surface area contributed by atoms with Crippen LogP contribution in [0.15, 0.2) is 110 Å². The molecular weight excluding hydrogens is 1710 g/mol. The number of carbonyl (C=O) groups is 14. The zero-order valence-electron chi connectivity index (χ0n) is 75.4. The molecule has 0 aliphatic heterocycles.